The molecule has 1 atom stereocenters. The number of amides is 3. The van der Waals surface area contributed by atoms with Gasteiger partial charge in [-0.05, 0) is 56.2 Å². The molecule has 9 heteroatoms. The summed E-state index contributed by atoms with van der Waals surface area (Å²) in [5.74, 6) is 0.955. The third kappa shape index (κ3) is 6.76. The van der Waals surface area contributed by atoms with Crippen LogP contribution < -0.4 is 14.8 Å². The summed E-state index contributed by atoms with van der Waals surface area (Å²) in [6.45, 7) is 3.31. The fourth-order valence-corrected chi connectivity index (χ4v) is 4.07. The second-order valence-electron chi connectivity index (χ2n) is 7.59. The van der Waals surface area contributed by atoms with Crippen LogP contribution in [0.1, 0.15) is 50.6 Å². The van der Waals surface area contributed by atoms with E-state index in [1.54, 1.807) is 24.1 Å². The molecule has 1 saturated carbocycles. The minimum absolute atomic E-state index is 0.000633. The van der Waals surface area contributed by atoms with E-state index in [4.69, 9.17) is 16.3 Å². The molecule has 1 heterocycles. The Morgan fingerprint density at radius 3 is 2.83 bits per heavy atom. The molecule has 160 valence electrons. The average Bonchev–Trinajstić information content (AvgIpc) is 3.45. The summed E-state index contributed by atoms with van der Waals surface area (Å²) in [6.07, 6.45) is 5.13. The summed E-state index contributed by atoms with van der Waals surface area (Å²) < 4.78 is 23.1. The summed E-state index contributed by atoms with van der Waals surface area (Å²) in [4.78, 5) is 24.1. The van der Waals surface area contributed by atoms with Gasteiger partial charge in [0.1, 0.15) is 6.54 Å². The van der Waals surface area contributed by atoms with Crippen LogP contribution in [0.4, 0.5) is 9.18 Å². The monoisotopic (exact) mass is 443 g/mol. The number of ether oxygens (including phenoxy) is 1. The molecule has 1 saturated heterocycles. The second kappa shape index (κ2) is 10.5. The Morgan fingerprint density at radius 2 is 2.14 bits per heavy atom. The number of rotatable bonds is 12. The molecule has 0 bridgehead atoms. The van der Waals surface area contributed by atoms with Crippen molar-refractivity contribution in [3.05, 3.63) is 28.5 Å². The van der Waals surface area contributed by atoms with Crippen LogP contribution >= 0.6 is 23.5 Å². The van der Waals surface area contributed by atoms with Gasteiger partial charge in [-0.1, -0.05) is 30.0 Å². The van der Waals surface area contributed by atoms with Crippen LogP contribution in [0.25, 0.3) is 0 Å². The van der Waals surface area contributed by atoms with Crippen molar-refractivity contribution in [1.29, 1.82) is 0 Å². The molecule has 0 spiro atoms. The molecule has 1 aliphatic carbocycles. The Balaban J connectivity index is 1.34. The Hall–Kier alpha value is -1.51. The summed E-state index contributed by atoms with van der Waals surface area (Å²) in [5.41, 5.74) is 0.888. The highest BCUT2D eigenvalue weighted by Crippen LogP contribution is 2.33. The third-order valence-electron chi connectivity index (χ3n) is 4.99. The normalized spacial score (nSPS) is 17.6. The van der Waals surface area contributed by atoms with Gasteiger partial charge in [-0.2, -0.15) is 0 Å². The lowest BCUT2D eigenvalue weighted by atomic mass is 10.1. The van der Waals surface area contributed by atoms with E-state index in [2.05, 4.69) is 10.0 Å². The molecule has 6 nitrogen and oxygen atoms in total. The molecule has 29 heavy (non-hydrogen) atoms. The van der Waals surface area contributed by atoms with Gasteiger partial charge >= 0.3 is 6.03 Å². The first-order valence-electron chi connectivity index (χ1n) is 10.0. The number of carbonyl (C=O) groups excluding carboxylic acids is 2. The Kier molecular flexibility index (Phi) is 8.03. The zero-order chi connectivity index (χ0) is 20.8. The molecule has 1 aromatic rings. The number of hydrogen-bond donors (Lipinski definition) is 2. The maximum atomic E-state index is 14.2. The van der Waals surface area contributed by atoms with Crippen LogP contribution in [-0.4, -0.2) is 42.3 Å². The number of hydrogen-bond acceptors (Lipinski definition) is 5. The molecule has 0 radical (unpaired) electrons. The number of carbonyl (C=O) groups is 2. The van der Waals surface area contributed by atoms with Crippen LogP contribution in [0.3, 0.4) is 0 Å². The SMILES string of the molecule is CC(NSCCCCCN1CC(=O)NC1=O)c1cc(Cl)c(F)c(OCC2CC2)c1. The Bertz CT molecular complexity index is 748. The van der Waals surface area contributed by atoms with Crippen LogP contribution in [0.15, 0.2) is 12.1 Å². The van der Waals surface area contributed by atoms with Crippen LogP contribution in [-0.2, 0) is 4.79 Å². The quantitative estimate of drug-likeness (QED) is 0.286. The van der Waals surface area contributed by atoms with Gasteiger partial charge in [-0.3, -0.25) is 14.8 Å². The van der Waals surface area contributed by atoms with Crippen molar-refractivity contribution in [2.45, 2.75) is 45.1 Å². The van der Waals surface area contributed by atoms with Crippen molar-refractivity contribution in [3.63, 3.8) is 0 Å². The standard InChI is InChI=1S/C20H27ClFN3O3S/c1-13(15-9-16(21)19(22)17(10-15)28-12-14-5-6-14)24-29-8-4-2-3-7-25-11-18(26)23-20(25)27/h9-10,13-14,24H,2-8,11-12H2,1H3,(H,23,26,27). The maximum absolute atomic E-state index is 14.2. The highest BCUT2D eigenvalue weighted by molar-refractivity contribution is 7.97. The van der Waals surface area contributed by atoms with Gasteiger partial charge in [0, 0.05) is 18.3 Å². The molecule has 3 amide bonds. The van der Waals surface area contributed by atoms with Gasteiger partial charge in [-0.25, -0.2) is 9.18 Å². The van der Waals surface area contributed by atoms with E-state index in [1.165, 1.54) is 4.90 Å². The highest BCUT2D eigenvalue weighted by atomic mass is 35.5. The first-order valence-corrected chi connectivity index (χ1v) is 11.4. The third-order valence-corrected chi connectivity index (χ3v) is 6.28. The summed E-state index contributed by atoms with van der Waals surface area (Å²) in [6, 6.07) is 3.07. The second-order valence-corrected chi connectivity index (χ2v) is 8.93. The predicted octanol–water partition coefficient (Wildman–Crippen LogP) is 4.29. The van der Waals surface area contributed by atoms with Gasteiger partial charge < -0.3 is 9.64 Å². The molecule has 3 rings (SSSR count). The molecule has 0 aromatic heterocycles. The van der Waals surface area contributed by atoms with Crippen molar-refractivity contribution in [1.82, 2.24) is 14.9 Å². The summed E-state index contributed by atoms with van der Waals surface area (Å²) in [5, 5.41) is 2.36. The molecule has 2 aliphatic rings. The van der Waals surface area contributed by atoms with E-state index in [9.17, 15) is 14.0 Å². The van der Waals surface area contributed by atoms with Crippen molar-refractivity contribution in [2.24, 2.45) is 5.92 Å². The number of nitrogens with zero attached hydrogens (tertiary/aromatic N) is 1. The topological polar surface area (TPSA) is 70.7 Å². The zero-order valence-electron chi connectivity index (χ0n) is 16.5. The smallest absolute Gasteiger partial charge is 0.324 e. The highest BCUT2D eigenvalue weighted by Gasteiger charge is 2.25. The van der Waals surface area contributed by atoms with E-state index in [0.717, 1.165) is 43.4 Å². The molecule has 1 unspecified atom stereocenters. The van der Waals surface area contributed by atoms with Gasteiger partial charge in [0.2, 0.25) is 5.91 Å². The zero-order valence-corrected chi connectivity index (χ0v) is 18.1. The lowest BCUT2D eigenvalue weighted by molar-refractivity contribution is -0.118. The predicted molar refractivity (Wildman–Crippen MR) is 113 cm³/mol. The van der Waals surface area contributed by atoms with E-state index in [-0.39, 0.29) is 35.3 Å². The van der Waals surface area contributed by atoms with Crippen LogP contribution in [0, 0.1) is 11.7 Å². The minimum atomic E-state index is -0.496. The van der Waals surface area contributed by atoms with Crippen molar-refractivity contribution in [2.75, 3.05) is 25.4 Å². The fourth-order valence-electron chi connectivity index (χ4n) is 3.00. The van der Waals surface area contributed by atoms with E-state index >= 15 is 0 Å². The molecule has 2 fully saturated rings. The van der Waals surface area contributed by atoms with E-state index in [1.807, 2.05) is 6.92 Å². The minimum Gasteiger partial charge on any atom is -0.490 e. The summed E-state index contributed by atoms with van der Waals surface area (Å²) >= 11 is 7.65. The fraction of sp³-hybridized carbons (Fsp3) is 0.600. The Morgan fingerprint density at radius 1 is 1.34 bits per heavy atom. The van der Waals surface area contributed by atoms with Gasteiger partial charge in [0.25, 0.3) is 0 Å². The largest absolute Gasteiger partial charge is 0.490 e. The number of halogens is 2. The first kappa shape index (κ1) is 22.2. The average molecular weight is 444 g/mol. The van der Waals surface area contributed by atoms with Crippen LogP contribution in [0.2, 0.25) is 5.02 Å². The van der Waals surface area contributed by atoms with Crippen molar-refractivity contribution >= 4 is 35.5 Å². The van der Waals surface area contributed by atoms with E-state index in [0.29, 0.717) is 19.1 Å². The maximum Gasteiger partial charge on any atom is 0.324 e. The van der Waals surface area contributed by atoms with E-state index < -0.39 is 5.82 Å². The number of unbranched alkanes of at least 4 members (excludes halogenated alkanes) is 2. The number of imide groups is 1. The molecule has 2 N–H and O–H groups in total. The number of urea groups is 1. The first-order chi connectivity index (χ1) is 13.9. The van der Waals surface area contributed by atoms with Gasteiger partial charge in [0.05, 0.1) is 11.6 Å². The van der Waals surface area contributed by atoms with Crippen molar-refractivity contribution in [3.8, 4) is 5.75 Å². The molecule has 1 aliphatic heterocycles. The Labute approximate surface area is 180 Å². The van der Waals surface area contributed by atoms with Gasteiger partial charge in [-0.15, -0.1) is 0 Å². The lowest BCUT2D eigenvalue weighted by Crippen LogP contribution is -2.29. The molecular weight excluding hydrogens is 417 g/mol. The van der Waals surface area contributed by atoms with Gasteiger partial charge in [0.15, 0.2) is 11.6 Å². The summed E-state index contributed by atoms with van der Waals surface area (Å²) in [7, 11) is 0. The number of benzene rings is 1. The van der Waals surface area contributed by atoms with Crippen LogP contribution in [0.5, 0.6) is 5.75 Å². The molecular formula is C20H27ClFN3O3S. The molecule has 1 aromatic carbocycles. The lowest BCUT2D eigenvalue weighted by Gasteiger charge is -2.16. The number of nitrogens with one attached hydrogen (secondary N) is 2. The van der Waals surface area contributed by atoms with Crippen molar-refractivity contribution < 1.29 is 18.7 Å².